The molecule has 3 aromatic rings. The summed E-state index contributed by atoms with van der Waals surface area (Å²) in [5, 5.41) is 12.0. The van der Waals surface area contributed by atoms with Gasteiger partial charge in [0.05, 0.1) is 14.2 Å². The van der Waals surface area contributed by atoms with Gasteiger partial charge in [0.25, 0.3) is 0 Å². The van der Waals surface area contributed by atoms with E-state index in [9.17, 15) is 9.90 Å². The van der Waals surface area contributed by atoms with Crippen molar-refractivity contribution in [2.75, 3.05) is 20.8 Å². The summed E-state index contributed by atoms with van der Waals surface area (Å²) in [6, 6.07) is 22.4. The molecular weight excluding hydrogens is 406 g/mol. The average molecular weight is 434 g/mol. The Bertz CT molecular complexity index is 1060. The number of carbonyl (C=O) groups excluding carboxylic acids is 1. The van der Waals surface area contributed by atoms with Crippen molar-refractivity contribution >= 4 is 6.09 Å². The molecule has 166 valence electrons. The highest BCUT2D eigenvalue weighted by atomic mass is 16.6. The fourth-order valence-corrected chi connectivity index (χ4v) is 4.01. The van der Waals surface area contributed by atoms with E-state index in [4.69, 9.17) is 14.2 Å². The van der Waals surface area contributed by atoms with Crippen LogP contribution in [0, 0.1) is 6.92 Å². The smallest absolute Gasteiger partial charge is 0.413 e. The Hall–Kier alpha value is -3.51. The minimum atomic E-state index is -1.68. The van der Waals surface area contributed by atoms with Crippen LogP contribution in [0.5, 0.6) is 11.5 Å². The lowest BCUT2D eigenvalue weighted by molar-refractivity contribution is -0.109. The quantitative estimate of drug-likeness (QED) is 0.590. The molecule has 2 atom stereocenters. The number of aliphatic hydroxyl groups is 1. The molecule has 1 saturated heterocycles. The minimum absolute atomic E-state index is 0.303. The van der Waals surface area contributed by atoms with E-state index in [2.05, 4.69) is 0 Å². The SMILES string of the molecule is COc1ccc([C@@H]2OC(=O)N(CCc3ccc(C)cc3)[C@@]2(O)c2ccc(OC)cc2)cc1. The number of hydrogen-bond acceptors (Lipinski definition) is 5. The molecule has 3 aromatic carbocycles. The first kappa shape index (κ1) is 21.7. The Balaban J connectivity index is 1.70. The Morgan fingerprint density at radius 1 is 0.906 bits per heavy atom. The van der Waals surface area contributed by atoms with Gasteiger partial charge in [-0.15, -0.1) is 0 Å². The van der Waals surface area contributed by atoms with Gasteiger partial charge in [0, 0.05) is 12.1 Å². The summed E-state index contributed by atoms with van der Waals surface area (Å²) in [6.45, 7) is 2.33. The van der Waals surface area contributed by atoms with Gasteiger partial charge in [0.1, 0.15) is 11.5 Å². The van der Waals surface area contributed by atoms with Crippen LogP contribution >= 0.6 is 0 Å². The predicted octanol–water partition coefficient (Wildman–Crippen LogP) is 4.59. The van der Waals surface area contributed by atoms with Gasteiger partial charge in [0.2, 0.25) is 5.72 Å². The number of ether oxygens (including phenoxy) is 3. The van der Waals surface area contributed by atoms with E-state index in [1.165, 1.54) is 10.5 Å². The Labute approximate surface area is 188 Å². The molecule has 0 saturated carbocycles. The van der Waals surface area contributed by atoms with Gasteiger partial charge in [-0.25, -0.2) is 4.79 Å². The van der Waals surface area contributed by atoms with Gasteiger partial charge in [-0.2, -0.15) is 0 Å². The molecule has 1 aliphatic heterocycles. The molecule has 0 aliphatic carbocycles. The van der Waals surface area contributed by atoms with E-state index in [1.807, 2.05) is 31.2 Å². The molecule has 6 nitrogen and oxygen atoms in total. The maximum atomic E-state index is 13.0. The predicted molar refractivity (Wildman–Crippen MR) is 121 cm³/mol. The van der Waals surface area contributed by atoms with Crippen molar-refractivity contribution in [3.63, 3.8) is 0 Å². The standard InChI is InChI=1S/C26H27NO5/c1-18-4-6-19(7-5-18)16-17-27-25(28)32-24(20-8-12-22(30-2)13-9-20)26(27,29)21-10-14-23(31-3)15-11-21/h4-15,24,29H,16-17H2,1-3H3/t24-,26+/m0/s1. The molecule has 0 unspecified atom stereocenters. The van der Waals surface area contributed by atoms with Crippen molar-refractivity contribution in [1.29, 1.82) is 0 Å². The van der Waals surface area contributed by atoms with Crippen LogP contribution in [-0.2, 0) is 16.9 Å². The molecular formula is C26H27NO5. The summed E-state index contributed by atoms with van der Waals surface area (Å²) in [7, 11) is 3.17. The molecule has 1 aliphatic rings. The lowest BCUT2D eigenvalue weighted by atomic mass is 9.91. The lowest BCUT2D eigenvalue weighted by Crippen LogP contribution is -2.46. The Morgan fingerprint density at radius 2 is 1.47 bits per heavy atom. The van der Waals surface area contributed by atoms with Crippen LogP contribution in [0.3, 0.4) is 0 Å². The lowest BCUT2D eigenvalue weighted by Gasteiger charge is -2.35. The largest absolute Gasteiger partial charge is 0.497 e. The third-order valence-corrected chi connectivity index (χ3v) is 5.89. The number of cyclic esters (lactones) is 1. The van der Waals surface area contributed by atoms with Gasteiger partial charge < -0.3 is 19.3 Å². The van der Waals surface area contributed by atoms with Crippen molar-refractivity contribution in [3.8, 4) is 11.5 Å². The normalized spacial score (nSPS) is 20.2. The Kier molecular flexibility index (Phi) is 6.06. The molecule has 32 heavy (non-hydrogen) atoms. The maximum Gasteiger partial charge on any atom is 0.413 e. The number of methoxy groups -OCH3 is 2. The van der Waals surface area contributed by atoms with Crippen molar-refractivity contribution < 1.29 is 24.1 Å². The number of amides is 1. The molecule has 1 heterocycles. The zero-order valence-corrected chi connectivity index (χ0v) is 18.4. The van der Waals surface area contributed by atoms with Crippen molar-refractivity contribution in [2.24, 2.45) is 0 Å². The molecule has 6 heteroatoms. The molecule has 1 amide bonds. The fraction of sp³-hybridized carbons (Fsp3) is 0.269. The van der Waals surface area contributed by atoms with Gasteiger partial charge >= 0.3 is 6.09 Å². The number of carbonyl (C=O) groups is 1. The van der Waals surface area contributed by atoms with Crippen molar-refractivity contribution in [1.82, 2.24) is 4.90 Å². The summed E-state index contributed by atoms with van der Waals surface area (Å²) in [4.78, 5) is 14.4. The number of aryl methyl sites for hydroxylation is 1. The maximum absolute atomic E-state index is 13.0. The van der Waals surface area contributed by atoms with E-state index < -0.39 is 17.9 Å². The molecule has 0 bridgehead atoms. The van der Waals surface area contributed by atoms with Crippen LogP contribution in [0.4, 0.5) is 4.79 Å². The average Bonchev–Trinajstić information content (AvgIpc) is 3.09. The number of nitrogens with zero attached hydrogens (tertiary/aromatic N) is 1. The second-order valence-electron chi connectivity index (χ2n) is 7.88. The first-order valence-corrected chi connectivity index (χ1v) is 10.5. The summed E-state index contributed by atoms with van der Waals surface area (Å²) in [5.74, 6) is 1.34. The van der Waals surface area contributed by atoms with Crippen LogP contribution in [-0.4, -0.2) is 36.9 Å². The first-order valence-electron chi connectivity index (χ1n) is 10.5. The van der Waals surface area contributed by atoms with Crippen LogP contribution in [0.2, 0.25) is 0 Å². The van der Waals surface area contributed by atoms with Crippen molar-refractivity contribution in [2.45, 2.75) is 25.2 Å². The minimum Gasteiger partial charge on any atom is -0.497 e. The summed E-state index contributed by atoms with van der Waals surface area (Å²) in [5.41, 5.74) is 1.80. The third kappa shape index (κ3) is 4.01. The summed E-state index contributed by atoms with van der Waals surface area (Å²) >= 11 is 0. The highest BCUT2D eigenvalue weighted by Gasteiger charge is 2.55. The summed E-state index contributed by atoms with van der Waals surface area (Å²) in [6.07, 6.45) is -0.869. The van der Waals surface area contributed by atoms with E-state index in [-0.39, 0.29) is 0 Å². The van der Waals surface area contributed by atoms with E-state index in [0.29, 0.717) is 35.6 Å². The van der Waals surface area contributed by atoms with Gasteiger partial charge in [-0.05, 0) is 48.7 Å². The van der Waals surface area contributed by atoms with Gasteiger partial charge in [-0.1, -0.05) is 54.1 Å². The van der Waals surface area contributed by atoms with Crippen LogP contribution in [0.15, 0.2) is 72.8 Å². The number of benzene rings is 3. The fourth-order valence-electron chi connectivity index (χ4n) is 4.01. The van der Waals surface area contributed by atoms with Gasteiger partial charge in [-0.3, -0.25) is 4.90 Å². The molecule has 1 N–H and O–H groups in total. The highest BCUT2D eigenvalue weighted by molar-refractivity contribution is 5.72. The molecule has 0 spiro atoms. The van der Waals surface area contributed by atoms with Gasteiger partial charge in [0.15, 0.2) is 6.10 Å². The molecule has 1 fully saturated rings. The van der Waals surface area contributed by atoms with Crippen LogP contribution in [0.25, 0.3) is 0 Å². The monoisotopic (exact) mass is 433 g/mol. The third-order valence-electron chi connectivity index (χ3n) is 5.89. The first-order chi connectivity index (χ1) is 15.5. The molecule has 4 rings (SSSR count). The molecule has 0 aromatic heterocycles. The van der Waals surface area contributed by atoms with Crippen LogP contribution < -0.4 is 9.47 Å². The van der Waals surface area contributed by atoms with Crippen LogP contribution in [0.1, 0.15) is 28.4 Å². The zero-order valence-electron chi connectivity index (χ0n) is 18.4. The van der Waals surface area contributed by atoms with E-state index >= 15 is 0 Å². The zero-order chi connectivity index (χ0) is 22.7. The number of hydrogen-bond donors (Lipinski definition) is 1. The number of rotatable bonds is 7. The molecule has 0 radical (unpaired) electrons. The Morgan fingerprint density at radius 3 is 2.03 bits per heavy atom. The topological polar surface area (TPSA) is 68.2 Å². The second kappa shape index (κ2) is 8.93. The second-order valence-corrected chi connectivity index (χ2v) is 7.88. The van der Waals surface area contributed by atoms with E-state index in [1.54, 1.807) is 62.8 Å². The summed E-state index contributed by atoms with van der Waals surface area (Å²) < 4.78 is 16.2. The van der Waals surface area contributed by atoms with E-state index in [0.717, 1.165) is 5.56 Å². The highest BCUT2D eigenvalue weighted by Crippen LogP contribution is 2.47. The van der Waals surface area contributed by atoms with Crippen molar-refractivity contribution in [3.05, 3.63) is 95.1 Å².